The third kappa shape index (κ3) is 3.05. The number of nitrogens with zero attached hydrogens (tertiary/aromatic N) is 2. The number of carbonyl (C=O) groups excluding carboxylic acids is 1. The van der Waals surface area contributed by atoms with Crippen LogP contribution >= 0.6 is 0 Å². The number of nitriles is 1. The number of primary amides is 1. The van der Waals surface area contributed by atoms with E-state index in [4.69, 9.17) is 11.0 Å². The molecule has 1 aromatic carbocycles. The van der Waals surface area contributed by atoms with Crippen LogP contribution in [0.5, 0.6) is 0 Å². The second kappa shape index (κ2) is 5.87. The summed E-state index contributed by atoms with van der Waals surface area (Å²) in [6, 6.07) is 3.76. The Morgan fingerprint density at radius 1 is 1.45 bits per heavy atom. The highest BCUT2D eigenvalue weighted by molar-refractivity contribution is 5.74. The highest BCUT2D eigenvalue weighted by Gasteiger charge is 2.25. The molecule has 0 bridgehead atoms. The number of halogens is 2. The Hall–Kier alpha value is -2.16. The molecule has 106 valence electrons. The second-order valence-electron chi connectivity index (χ2n) is 5.03. The molecule has 0 aromatic heterocycles. The van der Waals surface area contributed by atoms with Crippen LogP contribution in [-0.4, -0.2) is 19.0 Å². The van der Waals surface area contributed by atoms with Crippen LogP contribution in [-0.2, 0) is 4.79 Å². The van der Waals surface area contributed by atoms with Gasteiger partial charge in [-0.2, -0.15) is 5.26 Å². The van der Waals surface area contributed by atoms with E-state index in [0.717, 1.165) is 25.0 Å². The maximum absolute atomic E-state index is 13.9. The van der Waals surface area contributed by atoms with E-state index >= 15 is 0 Å². The topological polar surface area (TPSA) is 70.1 Å². The number of piperidine rings is 1. The van der Waals surface area contributed by atoms with Crippen LogP contribution in [0.2, 0.25) is 0 Å². The molecule has 1 aromatic rings. The lowest BCUT2D eigenvalue weighted by atomic mass is 9.94. The van der Waals surface area contributed by atoms with Crippen molar-refractivity contribution in [2.75, 3.05) is 18.0 Å². The van der Waals surface area contributed by atoms with Crippen LogP contribution in [0.1, 0.15) is 24.8 Å². The van der Waals surface area contributed by atoms with E-state index in [1.54, 1.807) is 11.0 Å². The van der Waals surface area contributed by atoms with Crippen LogP contribution in [0.25, 0.3) is 0 Å². The van der Waals surface area contributed by atoms with Crippen molar-refractivity contribution >= 4 is 11.6 Å². The van der Waals surface area contributed by atoms with Crippen molar-refractivity contribution in [2.45, 2.75) is 19.3 Å². The van der Waals surface area contributed by atoms with Gasteiger partial charge in [0.15, 0.2) is 11.6 Å². The third-order valence-corrected chi connectivity index (χ3v) is 3.47. The number of rotatable bonds is 3. The van der Waals surface area contributed by atoms with Gasteiger partial charge in [0.25, 0.3) is 0 Å². The van der Waals surface area contributed by atoms with Crippen molar-refractivity contribution in [1.82, 2.24) is 0 Å². The largest absolute Gasteiger partial charge is 0.370 e. The smallest absolute Gasteiger partial charge is 0.217 e. The van der Waals surface area contributed by atoms with Gasteiger partial charge in [0.1, 0.15) is 5.69 Å². The zero-order valence-corrected chi connectivity index (χ0v) is 10.9. The number of anilines is 1. The van der Waals surface area contributed by atoms with Gasteiger partial charge in [-0.25, -0.2) is 8.78 Å². The molecule has 1 fully saturated rings. The molecule has 0 saturated carbocycles. The minimum atomic E-state index is -0.749. The Balaban J connectivity index is 2.23. The summed E-state index contributed by atoms with van der Waals surface area (Å²) >= 11 is 0. The molecular formula is C14H15F2N3O. The van der Waals surface area contributed by atoms with Gasteiger partial charge >= 0.3 is 0 Å². The molecule has 6 heteroatoms. The van der Waals surface area contributed by atoms with Gasteiger partial charge in [0.2, 0.25) is 5.91 Å². The van der Waals surface area contributed by atoms with E-state index in [2.05, 4.69) is 0 Å². The molecule has 1 aliphatic heterocycles. The Labute approximate surface area is 115 Å². The summed E-state index contributed by atoms with van der Waals surface area (Å²) in [5, 5.41) is 8.68. The minimum absolute atomic E-state index is 0.00990. The van der Waals surface area contributed by atoms with Gasteiger partial charge in [-0.1, -0.05) is 0 Å². The molecule has 0 aliphatic carbocycles. The zero-order chi connectivity index (χ0) is 14.7. The summed E-state index contributed by atoms with van der Waals surface area (Å²) in [4.78, 5) is 12.5. The lowest BCUT2D eigenvalue weighted by Gasteiger charge is -2.34. The first kappa shape index (κ1) is 14.3. The summed E-state index contributed by atoms with van der Waals surface area (Å²) in [5.74, 6) is -1.89. The summed E-state index contributed by atoms with van der Waals surface area (Å²) < 4.78 is 27.9. The number of carbonyl (C=O) groups is 1. The number of hydrogen-bond acceptors (Lipinski definition) is 3. The molecule has 20 heavy (non-hydrogen) atoms. The molecule has 1 atom stereocenters. The third-order valence-electron chi connectivity index (χ3n) is 3.47. The predicted octanol–water partition coefficient (Wildman–Crippen LogP) is 1.93. The maximum Gasteiger partial charge on any atom is 0.217 e. The Morgan fingerprint density at radius 2 is 2.10 bits per heavy atom. The highest BCUT2D eigenvalue weighted by atomic mass is 19.1. The first-order valence-corrected chi connectivity index (χ1v) is 6.43. The van der Waals surface area contributed by atoms with Gasteiger partial charge in [0, 0.05) is 19.5 Å². The lowest BCUT2D eigenvalue weighted by Crippen LogP contribution is -2.38. The highest BCUT2D eigenvalue weighted by Crippen LogP contribution is 2.30. The van der Waals surface area contributed by atoms with E-state index in [0.29, 0.717) is 13.1 Å². The van der Waals surface area contributed by atoms with Crippen LogP contribution in [0.15, 0.2) is 12.1 Å². The van der Waals surface area contributed by atoms with Gasteiger partial charge < -0.3 is 10.6 Å². The second-order valence-corrected chi connectivity index (χ2v) is 5.03. The maximum atomic E-state index is 13.9. The molecular weight excluding hydrogens is 264 g/mol. The first-order valence-electron chi connectivity index (χ1n) is 6.43. The summed E-state index contributed by atoms with van der Waals surface area (Å²) in [7, 11) is 0. The van der Waals surface area contributed by atoms with Gasteiger partial charge in [-0.05, 0) is 30.9 Å². The minimum Gasteiger partial charge on any atom is -0.370 e. The van der Waals surface area contributed by atoms with Crippen molar-refractivity contribution in [2.24, 2.45) is 11.7 Å². The van der Waals surface area contributed by atoms with Crippen molar-refractivity contribution in [3.8, 4) is 6.07 Å². The monoisotopic (exact) mass is 279 g/mol. The number of hydrogen-bond donors (Lipinski definition) is 1. The number of benzene rings is 1. The van der Waals surface area contributed by atoms with E-state index in [-0.39, 0.29) is 23.6 Å². The Morgan fingerprint density at radius 3 is 2.65 bits per heavy atom. The summed E-state index contributed by atoms with van der Waals surface area (Å²) in [6.45, 7) is 0.914. The van der Waals surface area contributed by atoms with Crippen molar-refractivity contribution in [3.05, 3.63) is 29.3 Å². The van der Waals surface area contributed by atoms with E-state index in [9.17, 15) is 13.6 Å². The quantitative estimate of drug-likeness (QED) is 0.919. The fraction of sp³-hybridized carbons (Fsp3) is 0.429. The van der Waals surface area contributed by atoms with Crippen molar-refractivity contribution in [1.29, 1.82) is 5.26 Å². The molecule has 1 aliphatic rings. The van der Waals surface area contributed by atoms with E-state index < -0.39 is 17.5 Å². The molecule has 1 heterocycles. The predicted molar refractivity (Wildman–Crippen MR) is 69.8 cm³/mol. The molecule has 2 rings (SSSR count). The molecule has 1 unspecified atom stereocenters. The Bertz CT molecular complexity index is 545. The molecule has 1 saturated heterocycles. The van der Waals surface area contributed by atoms with Crippen molar-refractivity contribution < 1.29 is 13.6 Å². The molecule has 0 radical (unpaired) electrons. The molecule has 1 amide bonds. The lowest BCUT2D eigenvalue weighted by molar-refractivity contribution is -0.118. The van der Waals surface area contributed by atoms with E-state index in [1.165, 1.54) is 0 Å². The van der Waals surface area contributed by atoms with Crippen LogP contribution in [0.4, 0.5) is 14.5 Å². The normalized spacial score (nSPS) is 18.6. The fourth-order valence-electron chi connectivity index (χ4n) is 2.65. The fourth-order valence-corrected chi connectivity index (χ4v) is 2.65. The zero-order valence-electron chi connectivity index (χ0n) is 10.9. The van der Waals surface area contributed by atoms with Crippen LogP contribution < -0.4 is 10.6 Å². The summed E-state index contributed by atoms with van der Waals surface area (Å²) in [6.07, 6.45) is 1.78. The van der Waals surface area contributed by atoms with E-state index in [1.807, 2.05) is 0 Å². The van der Waals surface area contributed by atoms with Crippen LogP contribution in [0, 0.1) is 28.9 Å². The molecule has 4 nitrogen and oxygen atoms in total. The standard InChI is InChI=1S/C14H15F2N3O/c15-11-4-10(7-17)5-12(16)14(11)19-3-1-2-9(8-19)6-13(18)20/h4-5,9H,1-3,6,8H2,(H2,18,20). The SMILES string of the molecule is N#Cc1cc(F)c(N2CCCC(CC(N)=O)C2)c(F)c1. The number of nitrogens with two attached hydrogens (primary N) is 1. The summed E-state index contributed by atoms with van der Waals surface area (Å²) in [5.41, 5.74) is 4.99. The molecule has 2 N–H and O–H groups in total. The first-order chi connectivity index (χ1) is 9.51. The molecule has 0 spiro atoms. The van der Waals surface area contributed by atoms with Gasteiger partial charge in [0.05, 0.1) is 11.6 Å². The Kier molecular flexibility index (Phi) is 4.18. The van der Waals surface area contributed by atoms with Gasteiger partial charge in [-0.3, -0.25) is 4.79 Å². The van der Waals surface area contributed by atoms with Crippen molar-refractivity contribution in [3.63, 3.8) is 0 Å². The van der Waals surface area contributed by atoms with Gasteiger partial charge in [-0.15, -0.1) is 0 Å². The van der Waals surface area contributed by atoms with Crippen LogP contribution in [0.3, 0.4) is 0 Å². The average molecular weight is 279 g/mol. The average Bonchev–Trinajstić information content (AvgIpc) is 2.37. The number of amides is 1.